The van der Waals surface area contributed by atoms with Gasteiger partial charge in [-0.2, -0.15) is 0 Å². The molecule has 0 spiro atoms. The Labute approximate surface area is 125 Å². The average molecular weight is 301 g/mol. The van der Waals surface area contributed by atoms with Gasteiger partial charge in [-0.25, -0.2) is 4.98 Å². The highest BCUT2D eigenvalue weighted by molar-refractivity contribution is 7.15. The maximum absolute atomic E-state index is 11.9. The molecule has 2 heterocycles. The molecule has 0 fully saturated rings. The molecule has 0 atom stereocenters. The summed E-state index contributed by atoms with van der Waals surface area (Å²) in [5.41, 5.74) is 2.69. The Morgan fingerprint density at radius 2 is 2.24 bits per heavy atom. The van der Waals surface area contributed by atoms with Crippen LogP contribution in [0.25, 0.3) is 4.96 Å². The molecule has 5 nitrogen and oxygen atoms in total. The molecule has 0 aliphatic carbocycles. The number of nitrogens with zero attached hydrogens (tertiary/aromatic N) is 2. The highest BCUT2D eigenvalue weighted by atomic mass is 32.1. The van der Waals surface area contributed by atoms with Crippen molar-refractivity contribution in [2.24, 2.45) is 0 Å². The third-order valence-corrected chi connectivity index (χ3v) is 3.93. The van der Waals surface area contributed by atoms with Crippen molar-refractivity contribution >= 4 is 22.0 Å². The second-order valence-electron chi connectivity index (χ2n) is 4.70. The predicted octanol–water partition coefficient (Wildman–Crippen LogP) is 2.69. The van der Waals surface area contributed by atoms with Crippen LogP contribution in [0.2, 0.25) is 0 Å². The molecule has 0 amide bonds. The van der Waals surface area contributed by atoms with Gasteiger partial charge < -0.3 is 10.1 Å². The third kappa shape index (κ3) is 2.75. The van der Waals surface area contributed by atoms with E-state index in [0.29, 0.717) is 17.2 Å². The van der Waals surface area contributed by atoms with Crippen LogP contribution in [0.1, 0.15) is 11.3 Å². The van der Waals surface area contributed by atoms with E-state index in [4.69, 9.17) is 4.74 Å². The summed E-state index contributed by atoms with van der Waals surface area (Å²) < 4.78 is 6.87. The first-order valence-corrected chi connectivity index (χ1v) is 7.39. The zero-order valence-corrected chi connectivity index (χ0v) is 12.6. The van der Waals surface area contributed by atoms with Gasteiger partial charge in [0.2, 0.25) is 0 Å². The molecule has 0 aliphatic rings. The van der Waals surface area contributed by atoms with Crippen LogP contribution in [0.5, 0.6) is 5.75 Å². The predicted molar refractivity (Wildman–Crippen MR) is 84.4 cm³/mol. The first-order chi connectivity index (χ1) is 10.2. The van der Waals surface area contributed by atoms with E-state index in [1.54, 1.807) is 23.8 Å². The van der Waals surface area contributed by atoms with E-state index < -0.39 is 0 Å². The molecule has 2 aromatic heterocycles. The van der Waals surface area contributed by atoms with Crippen LogP contribution in [0, 0.1) is 6.92 Å². The number of hydrogen-bond acceptors (Lipinski definition) is 5. The molecule has 21 heavy (non-hydrogen) atoms. The molecule has 0 radical (unpaired) electrons. The van der Waals surface area contributed by atoms with Crippen LogP contribution in [-0.2, 0) is 6.54 Å². The van der Waals surface area contributed by atoms with Crippen LogP contribution in [0.4, 0.5) is 5.69 Å². The molecule has 1 aromatic carbocycles. The Morgan fingerprint density at radius 3 is 3.05 bits per heavy atom. The Hall–Kier alpha value is -2.34. The number of anilines is 1. The van der Waals surface area contributed by atoms with E-state index >= 15 is 0 Å². The van der Waals surface area contributed by atoms with E-state index in [0.717, 1.165) is 17.0 Å². The molecule has 108 valence electrons. The fraction of sp³-hybridized carbons (Fsp3) is 0.200. The van der Waals surface area contributed by atoms with E-state index in [1.807, 2.05) is 30.5 Å². The van der Waals surface area contributed by atoms with Crippen molar-refractivity contribution in [3.05, 3.63) is 57.5 Å². The number of benzene rings is 1. The number of hydrogen-bond donors (Lipinski definition) is 1. The second kappa shape index (κ2) is 5.57. The lowest BCUT2D eigenvalue weighted by Gasteiger charge is -2.11. The molecule has 0 saturated carbocycles. The molecule has 1 N–H and O–H groups in total. The summed E-state index contributed by atoms with van der Waals surface area (Å²) in [5, 5.41) is 5.13. The van der Waals surface area contributed by atoms with Gasteiger partial charge in [-0.3, -0.25) is 9.20 Å². The van der Waals surface area contributed by atoms with E-state index in [9.17, 15) is 4.79 Å². The van der Waals surface area contributed by atoms with Crippen molar-refractivity contribution in [1.82, 2.24) is 9.38 Å². The monoisotopic (exact) mass is 301 g/mol. The van der Waals surface area contributed by atoms with E-state index in [-0.39, 0.29) is 5.56 Å². The van der Waals surface area contributed by atoms with Crippen LogP contribution in [0.15, 0.2) is 40.6 Å². The SMILES string of the molecule is COc1ccc(C)cc1NCc1cc(=O)n2ccsc2n1. The lowest BCUT2D eigenvalue weighted by atomic mass is 10.2. The number of thiazole rings is 1. The molecule has 0 saturated heterocycles. The second-order valence-corrected chi connectivity index (χ2v) is 5.57. The standard InChI is InChI=1S/C15H15N3O2S/c1-10-3-4-13(20-2)12(7-10)16-9-11-8-14(19)18-5-6-21-15(18)17-11/h3-8,16H,9H2,1-2H3. The Balaban J connectivity index is 1.86. The number of aryl methyl sites for hydroxylation is 1. The third-order valence-electron chi connectivity index (χ3n) is 3.17. The topological polar surface area (TPSA) is 55.6 Å². The number of nitrogens with one attached hydrogen (secondary N) is 1. The number of aromatic nitrogens is 2. The highest BCUT2D eigenvalue weighted by Crippen LogP contribution is 2.25. The summed E-state index contributed by atoms with van der Waals surface area (Å²) in [6.07, 6.45) is 1.73. The summed E-state index contributed by atoms with van der Waals surface area (Å²) in [6, 6.07) is 7.47. The highest BCUT2D eigenvalue weighted by Gasteiger charge is 2.06. The summed E-state index contributed by atoms with van der Waals surface area (Å²) in [7, 11) is 1.64. The van der Waals surface area contributed by atoms with Gasteiger partial charge in [-0.15, -0.1) is 11.3 Å². The van der Waals surface area contributed by atoms with Crippen LogP contribution in [0.3, 0.4) is 0 Å². The maximum Gasteiger partial charge on any atom is 0.258 e. The van der Waals surface area contributed by atoms with Crippen molar-refractivity contribution in [2.45, 2.75) is 13.5 Å². The van der Waals surface area contributed by atoms with Gasteiger partial charge in [0.05, 0.1) is 25.0 Å². The minimum absolute atomic E-state index is 0.0609. The van der Waals surface area contributed by atoms with E-state index in [1.165, 1.54) is 11.3 Å². The van der Waals surface area contributed by atoms with Gasteiger partial charge in [0, 0.05) is 17.6 Å². The lowest BCUT2D eigenvalue weighted by molar-refractivity contribution is 0.416. The molecule has 6 heteroatoms. The smallest absolute Gasteiger partial charge is 0.258 e. The summed E-state index contributed by atoms with van der Waals surface area (Å²) in [5.74, 6) is 0.773. The minimum Gasteiger partial charge on any atom is -0.495 e. The molecule has 0 aliphatic heterocycles. The normalized spacial score (nSPS) is 10.8. The largest absolute Gasteiger partial charge is 0.495 e. The quantitative estimate of drug-likeness (QED) is 0.805. The zero-order chi connectivity index (χ0) is 14.8. The molecular weight excluding hydrogens is 286 g/mol. The zero-order valence-electron chi connectivity index (χ0n) is 11.8. The summed E-state index contributed by atoms with van der Waals surface area (Å²) in [4.78, 5) is 17.1. The first kappa shape index (κ1) is 13.6. The van der Waals surface area contributed by atoms with Gasteiger partial charge in [-0.1, -0.05) is 6.07 Å². The Bertz CT molecular complexity index is 838. The number of rotatable bonds is 4. The van der Waals surface area contributed by atoms with Gasteiger partial charge >= 0.3 is 0 Å². The van der Waals surface area contributed by atoms with Gasteiger partial charge in [0.1, 0.15) is 5.75 Å². The van der Waals surface area contributed by atoms with Gasteiger partial charge in [0.25, 0.3) is 5.56 Å². The molecule has 3 rings (SSSR count). The van der Waals surface area contributed by atoms with Crippen LogP contribution < -0.4 is 15.6 Å². The molecular formula is C15H15N3O2S. The van der Waals surface area contributed by atoms with Crippen molar-refractivity contribution in [2.75, 3.05) is 12.4 Å². The van der Waals surface area contributed by atoms with Crippen LogP contribution in [-0.4, -0.2) is 16.5 Å². The molecule has 0 unspecified atom stereocenters. The average Bonchev–Trinajstić information content (AvgIpc) is 2.94. The van der Waals surface area contributed by atoms with Crippen molar-refractivity contribution < 1.29 is 4.74 Å². The summed E-state index contributed by atoms with van der Waals surface area (Å²) >= 11 is 1.45. The van der Waals surface area contributed by atoms with Crippen LogP contribution >= 0.6 is 11.3 Å². The number of ether oxygens (including phenoxy) is 1. The Kier molecular flexibility index (Phi) is 3.62. The number of fused-ring (bicyclic) bond motifs is 1. The van der Waals surface area contributed by atoms with Crippen molar-refractivity contribution in [3.63, 3.8) is 0 Å². The van der Waals surface area contributed by atoms with Crippen molar-refractivity contribution in [1.29, 1.82) is 0 Å². The van der Waals surface area contributed by atoms with E-state index in [2.05, 4.69) is 10.3 Å². The maximum atomic E-state index is 11.9. The summed E-state index contributed by atoms with van der Waals surface area (Å²) in [6.45, 7) is 2.50. The molecule has 0 bridgehead atoms. The minimum atomic E-state index is -0.0609. The fourth-order valence-corrected chi connectivity index (χ4v) is 2.86. The number of methoxy groups -OCH3 is 1. The fourth-order valence-electron chi connectivity index (χ4n) is 2.12. The Morgan fingerprint density at radius 1 is 1.38 bits per heavy atom. The van der Waals surface area contributed by atoms with Crippen molar-refractivity contribution in [3.8, 4) is 5.75 Å². The molecule has 3 aromatic rings. The first-order valence-electron chi connectivity index (χ1n) is 6.51. The lowest BCUT2D eigenvalue weighted by Crippen LogP contribution is -2.14. The van der Waals surface area contributed by atoms with Gasteiger partial charge in [0.15, 0.2) is 4.96 Å². The van der Waals surface area contributed by atoms with Gasteiger partial charge in [-0.05, 0) is 24.6 Å².